The van der Waals surface area contributed by atoms with Gasteiger partial charge < -0.3 is 15.1 Å². The molecule has 1 fully saturated rings. The van der Waals surface area contributed by atoms with Crippen LogP contribution in [0.15, 0.2) is 12.1 Å². The Balaban J connectivity index is 1.95. The van der Waals surface area contributed by atoms with Gasteiger partial charge in [0.1, 0.15) is 0 Å². The zero-order valence-corrected chi connectivity index (χ0v) is 13.4. The number of anilines is 1. The van der Waals surface area contributed by atoms with Crippen molar-refractivity contribution in [1.82, 2.24) is 20.4 Å². The molecule has 1 N–H and O–H groups in total. The molecule has 2 heterocycles. The monoisotopic (exact) mass is 305 g/mol. The van der Waals surface area contributed by atoms with E-state index in [2.05, 4.69) is 20.4 Å². The third kappa shape index (κ3) is 3.93. The molecule has 1 aliphatic rings. The van der Waals surface area contributed by atoms with E-state index in [9.17, 15) is 9.59 Å². The fraction of sp³-hybridized carbons (Fsp3) is 0.600. The van der Waals surface area contributed by atoms with Gasteiger partial charge in [-0.2, -0.15) is 0 Å². The van der Waals surface area contributed by atoms with Crippen molar-refractivity contribution < 1.29 is 9.59 Å². The summed E-state index contributed by atoms with van der Waals surface area (Å²) in [4.78, 5) is 27.1. The maximum absolute atomic E-state index is 11.9. The lowest BCUT2D eigenvalue weighted by molar-refractivity contribution is -0.129. The van der Waals surface area contributed by atoms with E-state index >= 15 is 0 Å². The SMILES string of the molecule is CCC(C)NC(=O)c1ccc(N2CCN(C(C)=O)CC2)nn1. The van der Waals surface area contributed by atoms with E-state index in [-0.39, 0.29) is 17.9 Å². The molecule has 0 spiro atoms. The third-order valence-electron chi connectivity index (χ3n) is 3.92. The number of carbonyl (C=O) groups is 2. The lowest BCUT2D eigenvalue weighted by Crippen LogP contribution is -2.48. The van der Waals surface area contributed by atoms with Gasteiger partial charge in [-0.3, -0.25) is 9.59 Å². The highest BCUT2D eigenvalue weighted by Crippen LogP contribution is 2.13. The Morgan fingerprint density at radius 2 is 1.91 bits per heavy atom. The molecule has 1 aromatic heterocycles. The number of piperazine rings is 1. The summed E-state index contributed by atoms with van der Waals surface area (Å²) in [5, 5.41) is 11.0. The number of amides is 2. The minimum Gasteiger partial charge on any atom is -0.352 e. The lowest BCUT2D eigenvalue weighted by Gasteiger charge is -2.34. The molecule has 0 saturated carbocycles. The Kier molecular flexibility index (Phi) is 5.30. The van der Waals surface area contributed by atoms with E-state index in [1.807, 2.05) is 24.8 Å². The molecule has 1 unspecified atom stereocenters. The summed E-state index contributed by atoms with van der Waals surface area (Å²) in [5.41, 5.74) is 0.325. The average molecular weight is 305 g/mol. The number of hydrogen-bond donors (Lipinski definition) is 1. The van der Waals surface area contributed by atoms with Gasteiger partial charge >= 0.3 is 0 Å². The molecule has 2 rings (SSSR count). The number of aromatic nitrogens is 2. The van der Waals surface area contributed by atoms with Crippen LogP contribution in [0.5, 0.6) is 0 Å². The van der Waals surface area contributed by atoms with Crippen molar-refractivity contribution in [1.29, 1.82) is 0 Å². The quantitative estimate of drug-likeness (QED) is 0.885. The van der Waals surface area contributed by atoms with Gasteiger partial charge in [-0.15, -0.1) is 10.2 Å². The highest BCUT2D eigenvalue weighted by Gasteiger charge is 2.20. The molecule has 2 amide bonds. The van der Waals surface area contributed by atoms with Crippen molar-refractivity contribution in [3.05, 3.63) is 17.8 Å². The second-order valence-corrected chi connectivity index (χ2v) is 5.55. The molecule has 0 aliphatic carbocycles. The summed E-state index contributed by atoms with van der Waals surface area (Å²) in [7, 11) is 0. The first kappa shape index (κ1) is 16.2. The third-order valence-corrected chi connectivity index (χ3v) is 3.92. The summed E-state index contributed by atoms with van der Waals surface area (Å²) in [6, 6.07) is 3.62. The number of carbonyl (C=O) groups excluding carboxylic acids is 2. The molecule has 1 aromatic rings. The largest absolute Gasteiger partial charge is 0.352 e. The van der Waals surface area contributed by atoms with E-state index in [0.717, 1.165) is 25.3 Å². The maximum Gasteiger partial charge on any atom is 0.272 e. The van der Waals surface area contributed by atoms with Crippen LogP contribution in [0.25, 0.3) is 0 Å². The van der Waals surface area contributed by atoms with Crippen LogP contribution in [0.3, 0.4) is 0 Å². The van der Waals surface area contributed by atoms with Crippen molar-refractivity contribution >= 4 is 17.6 Å². The van der Waals surface area contributed by atoms with Gasteiger partial charge in [-0.25, -0.2) is 0 Å². The fourth-order valence-corrected chi connectivity index (χ4v) is 2.27. The van der Waals surface area contributed by atoms with Gasteiger partial charge in [0, 0.05) is 39.1 Å². The number of rotatable bonds is 4. The Morgan fingerprint density at radius 3 is 2.41 bits per heavy atom. The first-order chi connectivity index (χ1) is 10.5. The van der Waals surface area contributed by atoms with Crippen LogP contribution in [-0.4, -0.2) is 59.1 Å². The molecule has 7 nitrogen and oxygen atoms in total. The first-order valence-electron chi connectivity index (χ1n) is 7.66. The predicted octanol–water partition coefficient (Wildman–Crippen LogP) is 0.673. The molecule has 1 saturated heterocycles. The average Bonchev–Trinajstić information content (AvgIpc) is 2.55. The van der Waals surface area contributed by atoms with E-state index in [0.29, 0.717) is 18.8 Å². The zero-order chi connectivity index (χ0) is 16.1. The van der Waals surface area contributed by atoms with E-state index in [4.69, 9.17) is 0 Å². The van der Waals surface area contributed by atoms with Gasteiger partial charge in [-0.05, 0) is 25.5 Å². The van der Waals surface area contributed by atoms with Crippen LogP contribution in [0.1, 0.15) is 37.7 Å². The second kappa shape index (κ2) is 7.20. The molecule has 120 valence electrons. The molecule has 1 atom stereocenters. The number of nitrogens with zero attached hydrogens (tertiary/aromatic N) is 4. The lowest BCUT2D eigenvalue weighted by atomic mass is 10.2. The second-order valence-electron chi connectivity index (χ2n) is 5.55. The number of hydrogen-bond acceptors (Lipinski definition) is 5. The fourth-order valence-electron chi connectivity index (χ4n) is 2.27. The Labute approximate surface area is 130 Å². The Morgan fingerprint density at radius 1 is 1.23 bits per heavy atom. The maximum atomic E-state index is 11.9. The molecule has 7 heteroatoms. The standard InChI is InChI=1S/C15H23N5O2/c1-4-11(2)16-15(22)13-5-6-14(18-17-13)20-9-7-19(8-10-20)12(3)21/h5-6,11H,4,7-10H2,1-3H3,(H,16,22). The van der Waals surface area contributed by atoms with Gasteiger partial charge in [0.25, 0.3) is 5.91 Å². The minimum atomic E-state index is -0.199. The summed E-state index contributed by atoms with van der Waals surface area (Å²) >= 11 is 0. The summed E-state index contributed by atoms with van der Waals surface area (Å²) < 4.78 is 0. The van der Waals surface area contributed by atoms with Gasteiger partial charge in [0.05, 0.1) is 0 Å². The van der Waals surface area contributed by atoms with Crippen LogP contribution in [0.2, 0.25) is 0 Å². The molecular weight excluding hydrogens is 282 g/mol. The molecule has 0 bridgehead atoms. The molecule has 22 heavy (non-hydrogen) atoms. The molecule has 1 aliphatic heterocycles. The van der Waals surface area contributed by atoms with Crippen molar-refractivity contribution in [3.63, 3.8) is 0 Å². The predicted molar refractivity (Wildman–Crippen MR) is 83.7 cm³/mol. The number of nitrogens with one attached hydrogen (secondary N) is 1. The Bertz CT molecular complexity index is 523. The molecular formula is C15H23N5O2. The first-order valence-corrected chi connectivity index (χ1v) is 7.66. The zero-order valence-electron chi connectivity index (χ0n) is 13.4. The molecule has 0 aromatic carbocycles. The van der Waals surface area contributed by atoms with Crippen LogP contribution in [0, 0.1) is 0 Å². The smallest absolute Gasteiger partial charge is 0.272 e. The van der Waals surface area contributed by atoms with Crippen molar-refractivity contribution in [3.8, 4) is 0 Å². The highest BCUT2D eigenvalue weighted by atomic mass is 16.2. The summed E-state index contributed by atoms with van der Waals surface area (Å²) in [6.07, 6.45) is 0.873. The summed E-state index contributed by atoms with van der Waals surface area (Å²) in [6.45, 7) is 8.38. The topological polar surface area (TPSA) is 78.4 Å². The van der Waals surface area contributed by atoms with Crippen molar-refractivity contribution in [2.45, 2.75) is 33.2 Å². The van der Waals surface area contributed by atoms with Crippen LogP contribution >= 0.6 is 0 Å². The summed E-state index contributed by atoms with van der Waals surface area (Å²) in [5.74, 6) is 0.640. The van der Waals surface area contributed by atoms with E-state index < -0.39 is 0 Å². The van der Waals surface area contributed by atoms with Crippen molar-refractivity contribution in [2.24, 2.45) is 0 Å². The van der Waals surface area contributed by atoms with E-state index in [1.165, 1.54) is 0 Å². The normalized spacial score (nSPS) is 16.3. The van der Waals surface area contributed by atoms with E-state index in [1.54, 1.807) is 13.0 Å². The van der Waals surface area contributed by atoms with Gasteiger partial charge in [0.2, 0.25) is 5.91 Å². The van der Waals surface area contributed by atoms with Crippen molar-refractivity contribution in [2.75, 3.05) is 31.1 Å². The van der Waals surface area contributed by atoms with Gasteiger partial charge in [-0.1, -0.05) is 6.92 Å². The van der Waals surface area contributed by atoms with Crippen LogP contribution < -0.4 is 10.2 Å². The minimum absolute atomic E-state index is 0.0998. The van der Waals surface area contributed by atoms with Gasteiger partial charge in [0.15, 0.2) is 11.5 Å². The highest BCUT2D eigenvalue weighted by molar-refractivity contribution is 5.92. The van der Waals surface area contributed by atoms with Crippen LogP contribution in [0.4, 0.5) is 5.82 Å². The Hall–Kier alpha value is -2.18. The van der Waals surface area contributed by atoms with Crippen LogP contribution in [-0.2, 0) is 4.79 Å². The molecule has 0 radical (unpaired) electrons.